The number of anilines is 2. The molecular weight excluding hydrogens is 274 g/mol. The molecule has 0 unspecified atom stereocenters. The van der Waals surface area contributed by atoms with E-state index in [1.807, 2.05) is 6.92 Å². The van der Waals surface area contributed by atoms with Crippen molar-refractivity contribution in [3.8, 4) is 0 Å². The first-order valence-corrected chi connectivity index (χ1v) is 6.14. The lowest BCUT2D eigenvalue weighted by Gasteiger charge is -2.09. The second-order valence-electron chi connectivity index (χ2n) is 4.33. The SMILES string of the molecule is COC(=O)c1ncn(CC(=O)Nc2cccc(N)c2C)n1. The maximum absolute atomic E-state index is 11.9. The smallest absolute Gasteiger partial charge is 0.377 e. The second-order valence-corrected chi connectivity index (χ2v) is 4.33. The third-order valence-electron chi connectivity index (χ3n) is 2.86. The molecule has 2 rings (SSSR count). The number of nitrogens with zero attached hydrogens (tertiary/aromatic N) is 3. The highest BCUT2D eigenvalue weighted by Gasteiger charge is 2.13. The van der Waals surface area contributed by atoms with Crippen LogP contribution in [0.3, 0.4) is 0 Å². The summed E-state index contributed by atoms with van der Waals surface area (Å²) in [5.74, 6) is -1.05. The van der Waals surface area contributed by atoms with Gasteiger partial charge in [0.15, 0.2) is 0 Å². The molecule has 0 radical (unpaired) electrons. The van der Waals surface area contributed by atoms with E-state index < -0.39 is 5.97 Å². The molecule has 0 saturated heterocycles. The van der Waals surface area contributed by atoms with Crippen LogP contribution >= 0.6 is 0 Å². The number of nitrogens with one attached hydrogen (secondary N) is 1. The summed E-state index contributed by atoms with van der Waals surface area (Å²) >= 11 is 0. The number of methoxy groups -OCH3 is 1. The molecule has 8 heteroatoms. The minimum Gasteiger partial charge on any atom is -0.463 e. The van der Waals surface area contributed by atoms with Crippen LogP contribution < -0.4 is 11.1 Å². The molecule has 1 amide bonds. The maximum Gasteiger partial charge on any atom is 0.377 e. The van der Waals surface area contributed by atoms with Gasteiger partial charge in [0, 0.05) is 11.4 Å². The number of hydrogen-bond donors (Lipinski definition) is 2. The van der Waals surface area contributed by atoms with E-state index in [-0.39, 0.29) is 18.3 Å². The van der Waals surface area contributed by atoms with E-state index in [2.05, 4.69) is 20.1 Å². The van der Waals surface area contributed by atoms with E-state index in [0.29, 0.717) is 11.4 Å². The molecule has 0 saturated carbocycles. The summed E-state index contributed by atoms with van der Waals surface area (Å²) in [7, 11) is 1.23. The van der Waals surface area contributed by atoms with Crippen molar-refractivity contribution in [2.45, 2.75) is 13.5 Å². The van der Waals surface area contributed by atoms with Crippen LogP contribution in [0, 0.1) is 6.92 Å². The number of nitrogens with two attached hydrogens (primary N) is 1. The lowest BCUT2D eigenvalue weighted by Crippen LogP contribution is -2.20. The van der Waals surface area contributed by atoms with Gasteiger partial charge in [-0.05, 0) is 24.6 Å². The van der Waals surface area contributed by atoms with Crippen molar-refractivity contribution in [2.24, 2.45) is 0 Å². The summed E-state index contributed by atoms with van der Waals surface area (Å²) in [4.78, 5) is 26.9. The number of hydrogen-bond acceptors (Lipinski definition) is 6. The third kappa shape index (κ3) is 3.35. The van der Waals surface area contributed by atoms with Crippen molar-refractivity contribution in [3.05, 3.63) is 35.9 Å². The minimum absolute atomic E-state index is 0.0712. The fraction of sp³-hybridized carbons (Fsp3) is 0.231. The summed E-state index contributed by atoms with van der Waals surface area (Å²) in [5, 5.41) is 6.58. The van der Waals surface area contributed by atoms with Crippen molar-refractivity contribution in [1.29, 1.82) is 0 Å². The van der Waals surface area contributed by atoms with Gasteiger partial charge in [-0.3, -0.25) is 4.79 Å². The first kappa shape index (κ1) is 14.5. The first-order valence-electron chi connectivity index (χ1n) is 6.14. The van der Waals surface area contributed by atoms with Crippen LogP contribution in [0.2, 0.25) is 0 Å². The van der Waals surface area contributed by atoms with Crippen LogP contribution in [0.4, 0.5) is 11.4 Å². The highest BCUT2D eigenvalue weighted by atomic mass is 16.5. The Bertz CT molecular complexity index is 680. The summed E-state index contributed by atoms with van der Waals surface area (Å²) in [6, 6.07) is 5.26. The van der Waals surface area contributed by atoms with Crippen molar-refractivity contribution in [3.63, 3.8) is 0 Å². The molecule has 0 fully saturated rings. The van der Waals surface area contributed by atoms with Gasteiger partial charge in [0.2, 0.25) is 5.91 Å². The molecule has 0 aliphatic heterocycles. The Balaban J connectivity index is 2.03. The Kier molecular flexibility index (Phi) is 4.17. The zero-order valence-corrected chi connectivity index (χ0v) is 11.7. The normalized spacial score (nSPS) is 10.2. The van der Waals surface area contributed by atoms with Crippen LogP contribution in [0.1, 0.15) is 16.2 Å². The number of carbonyl (C=O) groups is 2. The predicted octanol–water partition coefficient (Wildman–Crippen LogP) is 0.594. The number of benzene rings is 1. The molecule has 0 atom stereocenters. The highest BCUT2D eigenvalue weighted by Crippen LogP contribution is 2.20. The molecule has 21 heavy (non-hydrogen) atoms. The molecule has 1 heterocycles. The zero-order valence-electron chi connectivity index (χ0n) is 11.7. The quantitative estimate of drug-likeness (QED) is 0.629. The van der Waals surface area contributed by atoms with Crippen molar-refractivity contribution >= 4 is 23.3 Å². The number of aromatic nitrogens is 3. The van der Waals surface area contributed by atoms with Gasteiger partial charge in [-0.15, -0.1) is 5.10 Å². The van der Waals surface area contributed by atoms with Crippen LogP contribution in [-0.2, 0) is 16.1 Å². The maximum atomic E-state index is 11.9. The Morgan fingerprint density at radius 1 is 1.43 bits per heavy atom. The Labute approximate surface area is 120 Å². The first-order chi connectivity index (χ1) is 10.0. The fourth-order valence-corrected chi connectivity index (χ4v) is 1.68. The van der Waals surface area contributed by atoms with Crippen LogP contribution in [0.15, 0.2) is 24.5 Å². The summed E-state index contributed by atoms with van der Waals surface area (Å²) in [6.07, 6.45) is 1.29. The van der Waals surface area contributed by atoms with Crippen LogP contribution in [0.25, 0.3) is 0 Å². The molecule has 110 valence electrons. The van der Waals surface area contributed by atoms with E-state index >= 15 is 0 Å². The molecular formula is C13H15N5O3. The van der Waals surface area contributed by atoms with Gasteiger partial charge >= 0.3 is 5.97 Å². The molecule has 1 aromatic heterocycles. The van der Waals surface area contributed by atoms with E-state index in [1.165, 1.54) is 18.1 Å². The number of rotatable bonds is 4. The number of carbonyl (C=O) groups excluding carboxylic acids is 2. The molecule has 0 bridgehead atoms. The van der Waals surface area contributed by atoms with Crippen LogP contribution in [0.5, 0.6) is 0 Å². The topological polar surface area (TPSA) is 112 Å². The van der Waals surface area contributed by atoms with Gasteiger partial charge in [-0.2, -0.15) is 0 Å². The lowest BCUT2D eigenvalue weighted by molar-refractivity contribution is -0.116. The molecule has 3 N–H and O–H groups in total. The van der Waals surface area contributed by atoms with Gasteiger partial charge < -0.3 is 15.8 Å². The van der Waals surface area contributed by atoms with E-state index in [9.17, 15) is 9.59 Å². The van der Waals surface area contributed by atoms with Gasteiger partial charge in [-0.25, -0.2) is 14.5 Å². The van der Waals surface area contributed by atoms with Gasteiger partial charge in [0.05, 0.1) is 7.11 Å². The third-order valence-corrected chi connectivity index (χ3v) is 2.86. The second kappa shape index (κ2) is 6.04. The Morgan fingerprint density at radius 2 is 2.19 bits per heavy atom. The number of nitrogen functional groups attached to an aromatic ring is 1. The van der Waals surface area contributed by atoms with Gasteiger partial charge in [0.1, 0.15) is 12.9 Å². The zero-order chi connectivity index (χ0) is 15.4. The molecule has 1 aromatic carbocycles. The molecule has 0 spiro atoms. The van der Waals surface area contributed by atoms with E-state index in [1.54, 1.807) is 18.2 Å². The van der Waals surface area contributed by atoms with Crippen molar-refractivity contribution in [2.75, 3.05) is 18.2 Å². The summed E-state index contributed by atoms with van der Waals surface area (Å²) in [6.45, 7) is 1.74. The molecule has 0 aliphatic rings. The number of amides is 1. The van der Waals surface area contributed by atoms with Crippen molar-refractivity contribution < 1.29 is 14.3 Å². The monoisotopic (exact) mass is 289 g/mol. The summed E-state index contributed by atoms with van der Waals surface area (Å²) in [5.41, 5.74) is 7.79. The molecule has 2 aromatic rings. The molecule has 0 aliphatic carbocycles. The average molecular weight is 289 g/mol. The number of esters is 1. The largest absolute Gasteiger partial charge is 0.463 e. The van der Waals surface area contributed by atoms with E-state index in [0.717, 1.165) is 5.56 Å². The standard InChI is InChI=1S/C13H15N5O3/c1-8-9(14)4-3-5-10(8)16-11(19)6-18-7-15-12(17-18)13(20)21-2/h3-5,7H,6,14H2,1-2H3,(H,16,19). The fourth-order valence-electron chi connectivity index (χ4n) is 1.68. The van der Waals surface area contributed by atoms with E-state index in [4.69, 9.17) is 5.73 Å². The Hall–Kier alpha value is -2.90. The Morgan fingerprint density at radius 3 is 2.90 bits per heavy atom. The minimum atomic E-state index is -0.652. The average Bonchev–Trinajstić information content (AvgIpc) is 2.91. The predicted molar refractivity (Wildman–Crippen MR) is 75.6 cm³/mol. The number of ether oxygens (including phenoxy) is 1. The van der Waals surface area contributed by atoms with Crippen LogP contribution in [-0.4, -0.2) is 33.8 Å². The summed E-state index contributed by atoms with van der Waals surface area (Å²) < 4.78 is 5.74. The van der Waals surface area contributed by atoms with Gasteiger partial charge in [-0.1, -0.05) is 6.07 Å². The van der Waals surface area contributed by atoms with Crippen molar-refractivity contribution in [1.82, 2.24) is 14.8 Å². The highest BCUT2D eigenvalue weighted by molar-refractivity contribution is 5.92. The lowest BCUT2D eigenvalue weighted by atomic mass is 10.1. The molecule has 8 nitrogen and oxygen atoms in total. The van der Waals surface area contributed by atoms with Gasteiger partial charge in [0.25, 0.3) is 5.82 Å².